The molecular weight excluding hydrogens is 342 g/mol. The van der Waals surface area contributed by atoms with Gasteiger partial charge in [0.2, 0.25) is 0 Å². The highest BCUT2D eigenvalue weighted by molar-refractivity contribution is 5.88. The number of rotatable bonds is 5. The summed E-state index contributed by atoms with van der Waals surface area (Å²) in [5.74, 6) is 0. The van der Waals surface area contributed by atoms with Crippen LogP contribution in [-0.4, -0.2) is 6.29 Å². The molecule has 0 amide bonds. The van der Waals surface area contributed by atoms with Gasteiger partial charge in [0.25, 0.3) is 0 Å². The van der Waals surface area contributed by atoms with Gasteiger partial charge in [-0.05, 0) is 61.0 Å². The van der Waals surface area contributed by atoms with Crippen molar-refractivity contribution in [3.8, 4) is 11.1 Å². The van der Waals surface area contributed by atoms with Gasteiger partial charge in [-0.15, -0.1) is 0 Å². The maximum atomic E-state index is 11.1. The fourth-order valence-corrected chi connectivity index (χ4v) is 3.40. The van der Waals surface area contributed by atoms with Crippen molar-refractivity contribution in [1.82, 2.24) is 0 Å². The first-order valence-electron chi connectivity index (χ1n) is 9.33. The molecule has 0 fully saturated rings. The van der Waals surface area contributed by atoms with E-state index in [1.165, 1.54) is 16.7 Å². The summed E-state index contributed by atoms with van der Waals surface area (Å²) in [5.41, 5.74) is 7.41. The van der Waals surface area contributed by atoms with Crippen LogP contribution in [0.15, 0.2) is 103 Å². The normalized spacial score (nSPS) is 10.5. The Bertz CT molecular complexity index is 1070. The minimum Gasteiger partial charge on any atom is -0.310 e. The molecule has 4 aromatic rings. The van der Waals surface area contributed by atoms with Gasteiger partial charge in [-0.3, -0.25) is 4.79 Å². The van der Waals surface area contributed by atoms with Gasteiger partial charge < -0.3 is 4.90 Å². The van der Waals surface area contributed by atoms with Crippen LogP contribution in [0.1, 0.15) is 15.9 Å². The van der Waals surface area contributed by atoms with Crippen LogP contribution in [0, 0.1) is 6.92 Å². The van der Waals surface area contributed by atoms with Crippen molar-refractivity contribution in [2.24, 2.45) is 0 Å². The number of aldehydes is 1. The van der Waals surface area contributed by atoms with E-state index < -0.39 is 0 Å². The number of anilines is 3. The van der Waals surface area contributed by atoms with E-state index in [0.717, 1.165) is 23.3 Å². The summed E-state index contributed by atoms with van der Waals surface area (Å²) in [6.07, 6.45) is 0.873. The van der Waals surface area contributed by atoms with E-state index in [4.69, 9.17) is 0 Å². The first kappa shape index (κ1) is 17.7. The Kier molecular flexibility index (Phi) is 5.03. The summed E-state index contributed by atoms with van der Waals surface area (Å²) in [7, 11) is 0. The average molecular weight is 363 g/mol. The molecule has 2 nitrogen and oxygen atoms in total. The van der Waals surface area contributed by atoms with Crippen molar-refractivity contribution in [3.05, 3.63) is 114 Å². The summed E-state index contributed by atoms with van der Waals surface area (Å²) < 4.78 is 0. The Morgan fingerprint density at radius 2 is 1.29 bits per heavy atom. The summed E-state index contributed by atoms with van der Waals surface area (Å²) in [6, 6.07) is 34.9. The van der Waals surface area contributed by atoms with Gasteiger partial charge in [-0.25, -0.2) is 0 Å². The van der Waals surface area contributed by atoms with Crippen molar-refractivity contribution in [2.45, 2.75) is 6.92 Å². The molecule has 0 aromatic heterocycles. The molecule has 0 aliphatic heterocycles. The lowest BCUT2D eigenvalue weighted by Gasteiger charge is -2.28. The van der Waals surface area contributed by atoms with E-state index in [9.17, 15) is 4.79 Å². The van der Waals surface area contributed by atoms with Crippen molar-refractivity contribution < 1.29 is 4.79 Å². The molecule has 136 valence electrons. The van der Waals surface area contributed by atoms with Crippen molar-refractivity contribution in [3.63, 3.8) is 0 Å². The van der Waals surface area contributed by atoms with E-state index in [2.05, 4.69) is 66.4 Å². The number of benzene rings is 4. The topological polar surface area (TPSA) is 20.3 Å². The van der Waals surface area contributed by atoms with E-state index in [-0.39, 0.29) is 0 Å². The Hall–Kier alpha value is -3.65. The Morgan fingerprint density at radius 3 is 1.93 bits per heavy atom. The maximum absolute atomic E-state index is 11.1. The fourth-order valence-electron chi connectivity index (χ4n) is 3.40. The lowest BCUT2D eigenvalue weighted by atomic mass is 9.99. The first-order chi connectivity index (χ1) is 13.8. The van der Waals surface area contributed by atoms with Crippen LogP contribution in [0.2, 0.25) is 0 Å². The number of nitrogens with zero attached hydrogens (tertiary/aromatic N) is 1. The lowest BCUT2D eigenvalue weighted by molar-refractivity contribution is 0.112. The second kappa shape index (κ2) is 7.93. The minimum absolute atomic E-state index is 0.670. The van der Waals surface area contributed by atoms with Gasteiger partial charge in [0.1, 0.15) is 6.29 Å². The zero-order chi connectivity index (χ0) is 19.3. The Labute approximate surface area is 165 Å². The zero-order valence-corrected chi connectivity index (χ0v) is 15.7. The standard InChI is InChI=1S/C26H21NO/c1-20-12-17-26(25(18-20)22-8-4-2-5-9-22)27(23-10-6-3-7-11-23)24-15-13-21(19-28)14-16-24/h2-19H,1H3. The molecule has 0 heterocycles. The second-order valence-corrected chi connectivity index (χ2v) is 6.77. The third-order valence-corrected chi connectivity index (χ3v) is 4.78. The molecular formula is C26H21NO. The monoisotopic (exact) mass is 363 g/mol. The number of hydrogen-bond acceptors (Lipinski definition) is 2. The van der Waals surface area contributed by atoms with Gasteiger partial charge in [-0.1, -0.05) is 60.2 Å². The third-order valence-electron chi connectivity index (χ3n) is 4.78. The van der Waals surface area contributed by atoms with Gasteiger partial charge >= 0.3 is 0 Å². The highest BCUT2D eigenvalue weighted by Crippen LogP contribution is 2.40. The first-order valence-corrected chi connectivity index (χ1v) is 9.33. The Morgan fingerprint density at radius 1 is 0.679 bits per heavy atom. The molecule has 0 saturated carbocycles. The summed E-state index contributed by atoms with van der Waals surface area (Å²) in [4.78, 5) is 13.3. The summed E-state index contributed by atoms with van der Waals surface area (Å²) in [5, 5.41) is 0. The largest absolute Gasteiger partial charge is 0.310 e. The molecule has 0 unspecified atom stereocenters. The molecule has 0 aliphatic carbocycles. The molecule has 0 atom stereocenters. The van der Waals surface area contributed by atoms with E-state index in [1.807, 2.05) is 48.5 Å². The predicted octanol–water partition coefficient (Wildman–Crippen LogP) is 6.94. The molecule has 2 heteroatoms. The van der Waals surface area contributed by atoms with Crippen molar-refractivity contribution in [1.29, 1.82) is 0 Å². The maximum Gasteiger partial charge on any atom is 0.150 e. The molecule has 0 bridgehead atoms. The molecule has 0 aliphatic rings. The highest BCUT2D eigenvalue weighted by atomic mass is 16.1. The van der Waals surface area contributed by atoms with Crippen LogP contribution in [0.5, 0.6) is 0 Å². The van der Waals surface area contributed by atoms with Gasteiger partial charge in [0.05, 0.1) is 5.69 Å². The van der Waals surface area contributed by atoms with Gasteiger partial charge in [-0.2, -0.15) is 0 Å². The smallest absolute Gasteiger partial charge is 0.150 e. The summed E-state index contributed by atoms with van der Waals surface area (Å²) >= 11 is 0. The van der Waals surface area contributed by atoms with E-state index in [0.29, 0.717) is 5.56 Å². The van der Waals surface area contributed by atoms with Crippen molar-refractivity contribution in [2.75, 3.05) is 4.90 Å². The third kappa shape index (κ3) is 3.58. The van der Waals surface area contributed by atoms with Crippen LogP contribution in [0.25, 0.3) is 11.1 Å². The fraction of sp³-hybridized carbons (Fsp3) is 0.0385. The number of hydrogen-bond donors (Lipinski definition) is 0. The predicted molar refractivity (Wildman–Crippen MR) is 117 cm³/mol. The minimum atomic E-state index is 0.670. The average Bonchev–Trinajstić information content (AvgIpc) is 2.77. The molecule has 0 N–H and O–H groups in total. The Balaban J connectivity index is 1.94. The number of aryl methyl sites for hydroxylation is 1. The second-order valence-electron chi connectivity index (χ2n) is 6.77. The van der Waals surface area contributed by atoms with Crippen LogP contribution in [-0.2, 0) is 0 Å². The number of carbonyl (C=O) groups excluding carboxylic acids is 1. The SMILES string of the molecule is Cc1ccc(N(c2ccccc2)c2ccc(C=O)cc2)c(-c2ccccc2)c1. The van der Waals surface area contributed by atoms with Crippen LogP contribution >= 0.6 is 0 Å². The molecule has 4 aromatic carbocycles. The van der Waals surface area contributed by atoms with Crippen LogP contribution < -0.4 is 4.90 Å². The molecule has 0 radical (unpaired) electrons. The highest BCUT2D eigenvalue weighted by Gasteiger charge is 2.17. The molecule has 4 rings (SSSR count). The summed E-state index contributed by atoms with van der Waals surface area (Å²) in [6.45, 7) is 2.11. The van der Waals surface area contributed by atoms with Crippen LogP contribution in [0.4, 0.5) is 17.1 Å². The van der Waals surface area contributed by atoms with E-state index >= 15 is 0 Å². The lowest BCUT2D eigenvalue weighted by Crippen LogP contribution is -2.11. The van der Waals surface area contributed by atoms with E-state index in [1.54, 1.807) is 0 Å². The number of carbonyl (C=O) groups is 1. The van der Waals surface area contributed by atoms with Crippen LogP contribution in [0.3, 0.4) is 0 Å². The zero-order valence-electron chi connectivity index (χ0n) is 15.7. The van der Waals surface area contributed by atoms with Gasteiger partial charge in [0, 0.05) is 22.5 Å². The molecule has 28 heavy (non-hydrogen) atoms. The quantitative estimate of drug-likeness (QED) is 0.358. The number of para-hydroxylation sites is 1. The molecule has 0 spiro atoms. The molecule has 0 saturated heterocycles. The van der Waals surface area contributed by atoms with Gasteiger partial charge in [0.15, 0.2) is 0 Å². The van der Waals surface area contributed by atoms with Crippen molar-refractivity contribution >= 4 is 23.3 Å².